The van der Waals surface area contributed by atoms with Crippen molar-refractivity contribution in [3.63, 3.8) is 0 Å². The van der Waals surface area contributed by atoms with Crippen molar-refractivity contribution >= 4 is 0 Å². The molecule has 0 bridgehead atoms. The maximum atomic E-state index is 14.8. The Bertz CT molecular complexity index is 1070. The lowest BCUT2D eigenvalue weighted by Crippen LogP contribution is -2.08. The lowest BCUT2D eigenvalue weighted by atomic mass is 9.83. The highest BCUT2D eigenvalue weighted by atomic mass is 19.2. The number of hydrogen-bond donors (Lipinski definition) is 0. The van der Waals surface area contributed by atoms with Crippen LogP contribution in [0.5, 0.6) is 5.75 Å². The highest BCUT2D eigenvalue weighted by Gasteiger charge is 2.23. The Kier molecular flexibility index (Phi) is 6.30. The first-order chi connectivity index (χ1) is 15.0. The third kappa shape index (κ3) is 4.46. The molecule has 1 saturated carbocycles. The topological polar surface area (TPSA) is 9.23 Å². The molecule has 0 amide bonds. The second-order valence-corrected chi connectivity index (χ2v) is 8.16. The van der Waals surface area contributed by atoms with E-state index in [2.05, 4.69) is 0 Å². The van der Waals surface area contributed by atoms with Crippen molar-refractivity contribution in [2.75, 3.05) is 0 Å². The maximum absolute atomic E-state index is 14.8. The molecule has 0 unspecified atom stereocenters. The largest absolute Gasteiger partial charge is 0.486 e. The smallest absolute Gasteiger partial charge is 0.200 e. The minimum Gasteiger partial charge on any atom is -0.486 e. The molecular weight excluding hydrogens is 404 g/mol. The lowest BCUT2D eigenvalue weighted by molar-refractivity contribution is 0.284. The van der Waals surface area contributed by atoms with Crippen LogP contribution in [0, 0.1) is 30.2 Å². The molecule has 0 atom stereocenters. The Morgan fingerprint density at radius 3 is 2.16 bits per heavy atom. The molecule has 0 N–H and O–H groups in total. The molecule has 0 heterocycles. The van der Waals surface area contributed by atoms with Crippen molar-refractivity contribution in [2.45, 2.75) is 51.6 Å². The zero-order chi connectivity index (χ0) is 22.0. The van der Waals surface area contributed by atoms with Crippen LogP contribution in [0.1, 0.15) is 54.7 Å². The number of ether oxygens (including phenoxy) is 1. The van der Waals surface area contributed by atoms with Gasteiger partial charge in [-0.3, -0.25) is 0 Å². The van der Waals surface area contributed by atoms with E-state index in [9.17, 15) is 17.6 Å². The van der Waals surface area contributed by atoms with Gasteiger partial charge < -0.3 is 4.74 Å². The van der Waals surface area contributed by atoms with Gasteiger partial charge in [-0.05, 0) is 54.0 Å². The molecule has 0 aromatic heterocycles. The fourth-order valence-corrected chi connectivity index (χ4v) is 4.20. The molecule has 0 aliphatic heterocycles. The summed E-state index contributed by atoms with van der Waals surface area (Å²) in [6.07, 6.45) is 5.05. The monoisotopic (exact) mass is 428 g/mol. The van der Waals surface area contributed by atoms with E-state index >= 15 is 0 Å². The van der Waals surface area contributed by atoms with E-state index < -0.39 is 23.3 Å². The standard InChI is InChI=1S/C26H24F4O/c1-16-7-14-22(26(30)23(16)27)31-15-17-8-10-19(11-9-17)21-13-12-20(24(28)25(21)29)18-5-3-2-4-6-18/h7-14,18H,2-6,15H2,1H3. The quantitative estimate of drug-likeness (QED) is 0.376. The molecule has 3 aromatic rings. The number of benzene rings is 3. The van der Waals surface area contributed by atoms with E-state index in [1.54, 1.807) is 36.4 Å². The summed E-state index contributed by atoms with van der Waals surface area (Å²) in [5.41, 5.74) is 2.12. The molecule has 0 saturated heterocycles. The average molecular weight is 428 g/mol. The first kappa shape index (κ1) is 21.4. The predicted octanol–water partition coefficient (Wildman–Crippen LogP) is 7.85. The molecule has 1 aliphatic rings. The van der Waals surface area contributed by atoms with E-state index in [1.807, 2.05) is 0 Å². The normalized spacial score (nSPS) is 14.6. The van der Waals surface area contributed by atoms with Gasteiger partial charge in [0.1, 0.15) is 6.61 Å². The minimum absolute atomic E-state index is 0.0250. The molecule has 0 radical (unpaired) electrons. The first-order valence-corrected chi connectivity index (χ1v) is 10.6. The van der Waals surface area contributed by atoms with Gasteiger partial charge in [0.05, 0.1) is 0 Å². The van der Waals surface area contributed by atoms with E-state index in [4.69, 9.17) is 4.74 Å². The van der Waals surface area contributed by atoms with E-state index in [0.29, 0.717) is 16.7 Å². The summed E-state index contributed by atoms with van der Waals surface area (Å²) in [6, 6.07) is 12.9. The van der Waals surface area contributed by atoms with Crippen LogP contribution in [0.3, 0.4) is 0 Å². The van der Waals surface area contributed by atoms with Gasteiger partial charge in [0, 0.05) is 5.56 Å². The molecule has 4 rings (SSSR count). The van der Waals surface area contributed by atoms with Crippen LogP contribution in [-0.2, 0) is 6.61 Å². The predicted molar refractivity (Wildman–Crippen MR) is 113 cm³/mol. The van der Waals surface area contributed by atoms with Gasteiger partial charge in [-0.1, -0.05) is 61.7 Å². The highest BCUT2D eigenvalue weighted by molar-refractivity contribution is 5.65. The summed E-state index contributed by atoms with van der Waals surface area (Å²) >= 11 is 0. The van der Waals surface area contributed by atoms with Crippen LogP contribution in [0.25, 0.3) is 11.1 Å². The zero-order valence-corrected chi connectivity index (χ0v) is 17.4. The summed E-state index contributed by atoms with van der Waals surface area (Å²) in [5.74, 6) is -3.62. The summed E-state index contributed by atoms with van der Waals surface area (Å²) in [7, 11) is 0. The summed E-state index contributed by atoms with van der Waals surface area (Å²) < 4.78 is 62.5. The Hall–Kier alpha value is -2.82. The molecule has 1 aliphatic carbocycles. The van der Waals surface area contributed by atoms with Crippen LogP contribution >= 0.6 is 0 Å². The third-order valence-electron chi connectivity index (χ3n) is 6.06. The SMILES string of the molecule is Cc1ccc(OCc2ccc(-c3ccc(C4CCCCC4)c(F)c3F)cc2)c(F)c1F. The van der Waals surface area contributed by atoms with Crippen molar-refractivity contribution in [2.24, 2.45) is 0 Å². The number of rotatable bonds is 5. The highest BCUT2D eigenvalue weighted by Crippen LogP contribution is 2.37. The van der Waals surface area contributed by atoms with Gasteiger partial charge >= 0.3 is 0 Å². The Labute approximate surface area is 179 Å². The third-order valence-corrected chi connectivity index (χ3v) is 6.06. The van der Waals surface area contributed by atoms with Gasteiger partial charge in [-0.15, -0.1) is 0 Å². The van der Waals surface area contributed by atoms with Gasteiger partial charge in [-0.25, -0.2) is 13.2 Å². The fourth-order valence-electron chi connectivity index (χ4n) is 4.20. The molecule has 3 aromatic carbocycles. The van der Waals surface area contributed by atoms with Crippen molar-refractivity contribution in [1.82, 2.24) is 0 Å². The fraction of sp³-hybridized carbons (Fsp3) is 0.308. The first-order valence-electron chi connectivity index (χ1n) is 10.6. The second-order valence-electron chi connectivity index (χ2n) is 8.16. The van der Waals surface area contributed by atoms with Crippen molar-refractivity contribution < 1.29 is 22.3 Å². The van der Waals surface area contributed by atoms with Crippen molar-refractivity contribution in [3.8, 4) is 16.9 Å². The number of halogens is 4. The molecule has 5 heteroatoms. The van der Waals surface area contributed by atoms with Gasteiger partial charge in [-0.2, -0.15) is 4.39 Å². The van der Waals surface area contributed by atoms with E-state index in [-0.39, 0.29) is 29.4 Å². The molecule has 1 nitrogen and oxygen atoms in total. The van der Waals surface area contributed by atoms with Crippen LogP contribution in [0.15, 0.2) is 48.5 Å². The van der Waals surface area contributed by atoms with Gasteiger partial charge in [0.15, 0.2) is 23.2 Å². The number of aryl methyl sites for hydroxylation is 1. The minimum atomic E-state index is -1.02. The van der Waals surface area contributed by atoms with Crippen LogP contribution < -0.4 is 4.74 Å². The van der Waals surface area contributed by atoms with Crippen LogP contribution in [0.2, 0.25) is 0 Å². The van der Waals surface area contributed by atoms with Crippen molar-refractivity contribution in [1.29, 1.82) is 0 Å². The Morgan fingerprint density at radius 2 is 1.45 bits per heavy atom. The molecule has 0 spiro atoms. The molecule has 162 valence electrons. The maximum Gasteiger partial charge on any atom is 0.200 e. The number of hydrogen-bond acceptors (Lipinski definition) is 1. The Morgan fingerprint density at radius 1 is 0.742 bits per heavy atom. The summed E-state index contributed by atoms with van der Waals surface area (Å²) in [6.45, 7) is 1.50. The van der Waals surface area contributed by atoms with E-state index in [1.165, 1.54) is 19.1 Å². The summed E-state index contributed by atoms with van der Waals surface area (Å²) in [4.78, 5) is 0. The van der Waals surface area contributed by atoms with E-state index in [0.717, 1.165) is 32.1 Å². The zero-order valence-electron chi connectivity index (χ0n) is 17.4. The van der Waals surface area contributed by atoms with Crippen LogP contribution in [0.4, 0.5) is 17.6 Å². The van der Waals surface area contributed by atoms with Crippen LogP contribution in [-0.4, -0.2) is 0 Å². The molecule has 31 heavy (non-hydrogen) atoms. The Balaban J connectivity index is 1.49. The lowest BCUT2D eigenvalue weighted by Gasteiger charge is -2.23. The molecular formula is C26H24F4O. The van der Waals surface area contributed by atoms with Crippen molar-refractivity contribution in [3.05, 3.63) is 88.5 Å². The van der Waals surface area contributed by atoms with Gasteiger partial charge in [0.25, 0.3) is 0 Å². The van der Waals surface area contributed by atoms with Gasteiger partial charge in [0.2, 0.25) is 5.82 Å². The summed E-state index contributed by atoms with van der Waals surface area (Å²) in [5, 5.41) is 0. The second kappa shape index (κ2) is 9.13. The molecule has 1 fully saturated rings. The average Bonchev–Trinajstić information content (AvgIpc) is 2.80.